The molecule has 0 spiro atoms. The number of hydrogen-bond donors (Lipinski definition) is 0. The first kappa shape index (κ1) is 15.2. The van der Waals surface area contributed by atoms with Crippen molar-refractivity contribution in [2.45, 2.75) is 36.3 Å². The van der Waals surface area contributed by atoms with E-state index in [-0.39, 0.29) is 33.3 Å². The molecule has 3 rings (SSSR count). The molecule has 1 aliphatic heterocycles. The molecule has 21 heavy (non-hydrogen) atoms. The monoisotopic (exact) mass is 413 g/mol. The Balaban J connectivity index is 2.00. The molecule has 2 fully saturated rings. The van der Waals surface area contributed by atoms with Gasteiger partial charge in [-0.25, -0.2) is 4.90 Å². The van der Waals surface area contributed by atoms with Crippen molar-refractivity contribution in [3.05, 3.63) is 29.3 Å². The first-order valence-electron chi connectivity index (χ1n) is 7.13. The SMILES string of the molecule is Cc1ccc(C)c(N2C(=O)[C@H]3C[C@H](Br)[C@@H](Br)C[C@H]3C2=O)c1. The average Bonchev–Trinajstić information content (AvgIpc) is 2.66. The summed E-state index contributed by atoms with van der Waals surface area (Å²) in [5, 5.41) is 0. The number of carbonyl (C=O) groups excluding carboxylic acids is 2. The van der Waals surface area contributed by atoms with Gasteiger partial charge in [-0.3, -0.25) is 9.59 Å². The standard InChI is InChI=1S/C16H17Br2NO2/c1-8-3-4-9(2)14(5-8)19-15(20)10-6-12(17)13(18)7-11(10)16(19)21/h3-5,10-13H,6-7H2,1-2H3/t10-,11+,12-,13-/m0/s1. The van der Waals surface area contributed by atoms with Gasteiger partial charge in [0, 0.05) is 9.65 Å². The van der Waals surface area contributed by atoms with Gasteiger partial charge in [0.2, 0.25) is 11.8 Å². The van der Waals surface area contributed by atoms with Crippen LogP contribution in [-0.4, -0.2) is 21.5 Å². The third kappa shape index (κ3) is 2.48. The lowest BCUT2D eigenvalue weighted by molar-refractivity contribution is -0.122. The van der Waals surface area contributed by atoms with E-state index in [1.165, 1.54) is 4.90 Å². The van der Waals surface area contributed by atoms with Crippen LogP contribution >= 0.6 is 31.9 Å². The first-order chi connectivity index (χ1) is 9.90. The maximum absolute atomic E-state index is 12.7. The lowest BCUT2D eigenvalue weighted by atomic mass is 9.81. The topological polar surface area (TPSA) is 37.4 Å². The second-order valence-electron chi connectivity index (χ2n) is 6.02. The van der Waals surface area contributed by atoms with Crippen LogP contribution in [0.15, 0.2) is 18.2 Å². The van der Waals surface area contributed by atoms with E-state index >= 15 is 0 Å². The van der Waals surface area contributed by atoms with Crippen molar-refractivity contribution in [1.29, 1.82) is 0 Å². The summed E-state index contributed by atoms with van der Waals surface area (Å²) in [7, 11) is 0. The molecule has 0 bridgehead atoms. The highest BCUT2D eigenvalue weighted by molar-refractivity contribution is 9.12. The minimum atomic E-state index is -0.185. The third-order valence-electron chi connectivity index (χ3n) is 4.52. The molecule has 0 radical (unpaired) electrons. The molecule has 1 aliphatic carbocycles. The zero-order chi connectivity index (χ0) is 15.3. The van der Waals surface area contributed by atoms with Crippen molar-refractivity contribution in [1.82, 2.24) is 0 Å². The van der Waals surface area contributed by atoms with Gasteiger partial charge in [0.25, 0.3) is 0 Å². The maximum Gasteiger partial charge on any atom is 0.237 e. The summed E-state index contributed by atoms with van der Waals surface area (Å²) in [6.45, 7) is 3.92. The summed E-state index contributed by atoms with van der Waals surface area (Å²) in [4.78, 5) is 27.4. The summed E-state index contributed by atoms with van der Waals surface area (Å²) in [5.74, 6) is -0.448. The number of amides is 2. The van der Waals surface area contributed by atoms with Crippen LogP contribution in [0, 0.1) is 25.7 Å². The predicted octanol–water partition coefficient (Wildman–Crippen LogP) is 3.73. The average molecular weight is 415 g/mol. The highest BCUT2D eigenvalue weighted by Gasteiger charge is 2.52. The number of aryl methyl sites for hydroxylation is 2. The second-order valence-corrected chi connectivity index (χ2v) is 8.37. The van der Waals surface area contributed by atoms with Crippen molar-refractivity contribution in [3.63, 3.8) is 0 Å². The van der Waals surface area contributed by atoms with E-state index in [9.17, 15) is 9.59 Å². The van der Waals surface area contributed by atoms with Gasteiger partial charge in [0.05, 0.1) is 17.5 Å². The van der Waals surface area contributed by atoms with Gasteiger partial charge in [-0.1, -0.05) is 44.0 Å². The van der Waals surface area contributed by atoms with Crippen LogP contribution in [0.5, 0.6) is 0 Å². The number of carbonyl (C=O) groups is 2. The third-order valence-corrected chi connectivity index (χ3v) is 7.25. The van der Waals surface area contributed by atoms with E-state index in [1.54, 1.807) is 0 Å². The Morgan fingerprint density at radius 3 is 2.05 bits per heavy atom. The Morgan fingerprint density at radius 2 is 1.52 bits per heavy atom. The summed E-state index contributed by atoms with van der Waals surface area (Å²) in [6.07, 6.45) is 1.43. The van der Waals surface area contributed by atoms with Crippen molar-refractivity contribution < 1.29 is 9.59 Å². The van der Waals surface area contributed by atoms with Crippen LogP contribution in [0.4, 0.5) is 5.69 Å². The number of anilines is 1. The number of fused-ring (bicyclic) bond motifs is 1. The lowest BCUT2D eigenvalue weighted by Crippen LogP contribution is -2.34. The van der Waals surface area contributed by atoms with Crippen LogP contribution in [0.1, 0.15) is 24.0 Å². The summed E-state index contributed by atoms with van der Waals surface area (Å²) < 4.78 is 0. The molecule has 1 saturated heterocycles. The Morgan fingerprint density at radius 1 is 1.00 bits per heavy atom. The fourth-order valence-corrected chi connectivity index (χ4v) is 4.53. The van der Waals surface area contributed by atoms with Gasteiger partial charge in [-0.2, -0.15) is 0 Å². The Labute approximate surface area is 141 Å². The molecule has 4 atom stereocenters. The largest absolute Gasteiger partial charge is 0.274 e. The van der Waals surface area contributed by atoms with Gasteiger partial charge >= 0.3 is 0 Å². The molecule has 1 aromatic rings. The van der Waals surface area contributed by atoms with Gasteiger partial charge in [-0.05, 0) is 43.9 Å². The molecular formula is C16H17Br2NO2. The van der Waals surface area contributed by atoms with Crippen molar-refractivity contribution in [2.75, 3.05) is 4.90 Å². The molecule has 2 amide bonds. The van der Waals surface area contributed by atoms with Gasteiger partial charge in [-0.15, -0.1) is 0 Å². The minimum absolute atomic E-state index is 0.0393. The van der Waals surface area contributed by atoms with E-state index in [4.69, 9.17) is 0 Å². The number of halogens is 2. The Kier molecular flexibility index (Phi) is 3.99. The molecule has 1 saturated carbocycles. The highest BCUT2D eigenvalue weighted by atomic mass is 79.9. The molecule has 0 unspecified atom stereocenters. The van der Waals surface area contributed by atoms with Crippen LogP contribution in [0.3, 0.4) is 0 Å². The van der Waals surface area contributed by atoms with E-state index < -0.39 is 0 Å². The molecule has 112 valence electrons. The van der Waals surface area contributed by atoms with Crippen LogP contribution in [0.2, 0.25) is 0 Å². The van der Waals surface area contributed by atoms with E-state index in [2.05, 4.69) is 31.9 Å². The van der Waals surface area contributed by atoms with Crippen molar-refractivity contribution in [2.24, 2.45) is 11.8 Å². The number of rotatable bonds is 1. The van der Waals surface area contributed by atoms with E-state index in [1.807, 2.05) is 32.0 Å². The maximum atomic E-state index is 12.7. The Bertz CT molecular complexity index is 588. The van der Waals surface area contributed by atoms with Crippen LogP contribution < -0.4 is 4.90 Å². The summed E-state index contributed by atoms with van der Waals surface area (Å²) in [5.41, 5.74) is 2.77. The molecule has 0 aromatic heterocycles. The van der Waals surface area contributed by atoms with Gasteiger partial charge in [0.15, 0.2) is 0 Å². The fraction of sp³-hybridized carbons (Fsp3) is 0.500. The predicted molar refractivity (Wildman–Crippen MR) is 90.1 cm³/mol. The van der Waals surface area contributed by atoms with E-state index in [0.29, 0.717) is 12.8 Å². The van der Waals surface area contributed by atoms with Crippen molar-refractivity contribution >= 4 is 49.4 Å². The molecule has 3 nitrogen and oxygen atoms in total. The fourth-order valence-electron chi connectivity index (χ4n) is 3.29. The molecule has 1 aromatic carbocycles. The molecule has 5 heteroatoms. The molecule has 0 N–H and O–H groups in total. The second kappa shape index (κ2) is 5.51. The number of imide groups is 1. The van der Waals surface area contributed by atoms with Crippen LogP contribution in [0.25, 0.3) is 0 Å². The zero-order valence-electron chi connectivity index (χ0n) is 12.0. The van der Waals surface area contributed by atoms with Crippen LogP contribution in [-0.2, 0) is 9.59 Å². The minimum Gasteiger partial charge on any atom is -0.274 e. The molecule has 2 aliphatic rings. The highest BCUT2D eigenvalue weighted by Crippen LogP contribution is 2.44. The molecular weight excluding hydrogens is 398 g/mol. The summed E-state index contributed by atoms with van der Waals surface area (Å²) >= 11 is 7.22. The summed E-state index contributed by atoms with van der Waals surface area (Å²) in [6, 6.07) is 5.90. The van der Waals surface area contributed by atoms with E-state index in [0.717, 1.165) is 16.8 Å². The number of nitrogens with zero attached hydrogens (tertiary/aromatic N) is 1. The Hall–Kier alpha value is -0.680. The lowest BCUT2D eigenvalue weighted by Gasteiger charge is -2.29. The number of alkyl halides is 2. The number of hydrogen-bond acceptors (Lipinski definition) is 2. The first-order valence-corrected chi connectivity index (χ1v) is 8.96. The van der Waals surface area contributed by atoms with Gasteiger partial charge < -0.3 is 0 Å². The zero-order valence-corrected chi connectivity index (χ0v) is 15.1. The quantitative estimate of drug-likeness (QED) is 0.518. The van der Waals surface area contributed by atoms with Crippen molar-refractivity contribution in [3.8, 4) is 0 Å². The molecule has 1 heterocycles. The van der Waals surface area contributed by atoms with Gasteiger partial charge in [0.1, 0.15) is 0 Å². The normalized spacial score (nSPS) is 32.5. The smallest absolute Gasteiger partial charge is 0.237 e. The number of benzene rings is 1.